The van der Waals surface area contributed by atoms with Crippen molar-refractivity contribution in [1.29, 1.82) is 0 Å². The van der Waals surface area contributed by atoms with Crippen LogP contribution in [-0.4, -0.2) is 21.0 Å². The van der Waals surface area contributed by atoms with Crippen LogP contribution in [0.4, 0.5) is 4.39 Å². The molecule has 0 radical (unpaired) electrons. The lowest BCUT2D eigenvalue weighted by Gasteiger charge is -2.30. The Morgan fingerprint density at radius 2 is 1.65 bits per heavy atom. The second-order valence-electron chi connectivity index (χ2n) is 8.69. The monoisotopic (exact) mass is 473 g/mol. The molecule has 5 rings (SSSR count). The molecule has 0 fully saturated rings. The molecule has 1 aromatic heterocycles. The van der Waals surface area contributed by atoms with E-state index in [1.807, 2.05) is 78.2 Å². The molecule has 4 aromatic rings. The third kappa shape index (κ3) is 4.41. The van der Waals surface area contributed by atoms with Gasteiger partial charge in [0.15, 0.2) is 0 Å². The summed E-state index contributed by atoms with van der Waals surface area (Å²) in [4.78, 5) is 21.0. The van der Waals surface area contributed by atoms with Crippen LogP contribution in [0.1, 0.15) is 39.8 Å². The molecule has 0 spiro atoms. The van der Waals surface area contributed by atoms with E-state index in [0.29, 0.717) is 30.9 Å². The van der Waals surface area contributed by atoms with Gasteiger partial charge in [-0.3, -0.25) is 14.3 Å². The Morgan fingerprint density at radius 1 is 1.00 bits per heavy atom. The van der Waals surface area contributed by atoms with Gasteiger partial charge in [0.1, 0.15) is 11.6 Å². The molecule has 3 aromatic carbocycles. The van der Waals surface area contributed by atoms with Crippen molar-refractivity contribution in [2.24, 2.45) is 0 Å². The molecule has 0 bridgehead atoms. The average Bonchev–Trinajstić information content (AvgIpc) is 2.85. The smallest absolute Gasteiger partial charge is 0.259 e. The van der Waals surface area contributed by atoms with E-state index in [2.05, 4.69) is 4.90 Å². The summed E-state index contributed by atoms with van der Waals surface area (Å²) in [6.45, 7) is 3.68. The summed E-state index contributed by atoms with van der Waals surface area (Å²) in [5, 5.41) is 0.114. The van der Waals surface area contributed by atoms with Crippen molar-refractivity contribution < 1.29 is 4.39 Å². The number of halogens is 2. The van der Waals surface area contributed by atoms with E-state index in [4.69, 9.17) is 16.6 Å². The van der Waals surface area contributed by atoms with Crippen LogP contribution in [0.5, 0.6) is 0 Å². The molecule has 172 valence electrons. The number of nitrogens with zero attached hydrogens (tertiary/aromatic N) is 3. The van der Waals surface area contributed by atoms with Gasteiger partial charge in [-0.1, -0.05) is 78.3 Å². The van der Waals surface area contributed by atoms with E-state index in [-0.39, 0.29) is 16.6 Å². The molecular weight excluding hydrogens is 449 g/mol. The number of fused-ring (bicyclic) bond motifs is 1. The number of hydrogen-bond donors (Lipinski definition) is 0. The summed E-state index contributed by atoms with van der Waals surface area (Å²) < 4.78 is 15.7. The first-order chi connectivity index (χ1) is 16.5. The van der Waals surface area contributed by atoms with E-state index in [0.717, 1.165) is 28.9 Å². The highest BCUT2D eigenvalue weighted by Crippen LogP contribution is 2.28. The zero-order valence-electron chi connectivity index (χ0n) is 18.9. The largest absolute Gasteiger partial charge is 0.294 e. The van der Waals surface area contributed by atoms with Crippen LogP contribution in [0.2, 0.25) is 5.02 Å². The number of hydrogen-bond acceptors (Lipinski definition) is 3. The van der Waals surface area contributed by atoms with Crippen molar-refractivity contribution in [3.63, 3.8) is 0 Å². The fourth-order valence-electron chi connectivity index (χ4n) is 4.76. The van der Waals surface area contributed by atoms with Crippen LogP contribution in [0.25, 0.3) is 0 Å². The van der Waals surface area contributed by atoms with Crippen LogP contribution in [0, 0.1) is 12.7 Å². The highest BCUT2D eigenvalue weighted by molar-refractivity contribution is 6.30. The van der Waals surface area contributed by atoms with Crippen LogP contribution in [0.3, 0.4) is 0 Å². The molecule has 0 saturated carbocycles. The third-order valence-corrected chi connectivity index (χ3v) is 6.70. The van der Waals surface area contributed by atoms with Crippen LogP contribution in [0.15, 0.2) is 83.7 Å². The minimum absolute atomic E-state index is 0.0211. The molecular formula is C28H25ClFN3O. The van der Waals surface area contributed by atoms with Gasteiger partial charge in [0, 0.05) is 26.1 Å². The fraction of sp³-hybridized carbons (Fsp3) is 0.214. The van der Waals surface area contributed by atoms with Crippen molar-refractivity contribution in [2.45, 2.75) is 32.5 Å². The second kappa shape index (κ2) is 9.53. The van der Waals surface area contributed by atoms with Gasteiger partial charge in [-0.05, 0) is 35.7 Å². The van der Waals surface area contributed by atoms with E-state index in [9.17, 15) is 9.18 Å². The predicted molar refractivity (Wildman–Crippen MR) is 133 cm³/mol. The molecule has 0 amide bonds. The minimum Gasteiger partial charge on any atom is -0.294 e. The van der Waals surface area contributed by atoms with Gasteiger partial charge in [0.05, 0.1) is 22.3 Å². The van der Waals surface area contributed by atoms with Crippen LogP contribution < -0.4 is 5.56 Å². The van der Waals surface area contributed by atoms with Gasteiger partial charge in [-0.2, -0.15) is 0 Å². The Hall–Kier alpha value is -3.28. The van der Waals surface area contributed by atoms with Crippen LogP contribution >= 0.6 is 11.6 Å². The number of aryl methyl sites for hydroxylation is 1. The molecule has 1 aliphatic rings. The maximum absolute atomic E-state index is 13.9. The Kier molecular flexibility index (Phi) is 6.31. The van der Waals surface area contributed by atoms with Gasteiger partial charge in [0.2, 0.25) is 0 Å². The maximum Gasteiger partial charge on any atom is 0.259 e. The Balaban J connectivity index is 1.54. The van der Waals surface area contributed by atoms with Crippen molar-refractivity contribution >= 4 is 11.6 Å². The SMILES string of the molecule is Cc1nc2c(c(=O)n1C(c1ccccc1)c1ccccc1)CN(Cc1ccc(Cl)c(F)c1)CC2. The molecule has 1 aliphatic heterocycles. The quantitative estimate of drug-likeness (QED) is 0.382. The zero-order valence-corrected chi connectivity index (χ0v) is 19.7. The predicted octanol–water partition coefficient (Wildman–Crippen LogP) is 5.54. The highest BCUT2D eigenvalue weighted by atomic mass is 35.5. The molecule has 4 nitrogen and oxygen atoms in total. The molecule has 0 unspecified atom stereocenters. The van der Waals surface area contributed by atoms with Crippen molar-refractivity contribution in [3.8, 4) is 0 Å². The first-order valence-electron chi connectivity index (χ1n) is 11.4. The summed E-state index contributed by atoms with van der Waals surface area (Å²) in [5.41, 5.74) is 4.44. The first kappa shape index (κ1) is 22.5. The van der Waals surface area contributed by atoms with Gasteiger partial charge in [-0.25, -0.2) is 9.37 Å². The van der Waals surface area contributed by atoms with E-state index >= 15 is 0 Å². The molecule has 0 saturated heterocycles. The molecule has 6 heteroatoms. The molecule has 0 atom stereocenters. The third-order valence-electron chi connectivity index (χ3n) is 6.40. The Bertz CT molecular complexity index is 1330. The van der Waals surface area contributed by atoms with Gasteiger partial charge < -0.3 is 0 Å². The summed E-state index contributed by atoms with van der Waals surface area (Å²) in [6.07, 6.45) is 0.684. The van der Waals surface area contributed by atoms with E-state index in [1.165, 1.54) is 6.07 Å². The topological polar surface area (TPSA) is 38.1 Å². The number of benzene rings is 3. The molecule has 34 heavy (non-hydrogen) atoms. The van der Waals surface area contributed by atoms with Crippen molar-refractivity contribution in [3.05, 3.63) is 134 Å². The second-order valence-corrected chi connectivity index (χ2v) is 9.10. The lowest BCUT2D eigenvalue weighted by atomic mass is 9.97. The Morgan fingerprint density at radius 3 is 2.26 bits per heavy atom. The van der Waals surface area contributed by atoms with Crippen molar-refractivity contribution in [2.75, 3.05) is 6.54 Å². The first-order valence-corrected chi connectivity index (χ1v) is 11.8. The number of rotatable bonds is 5. The molecule has 0 N–H and O–H groups in total. The summed E-state index contributed by atoms with van der Waals surface area (Å²) in [5.74, 6) is 0.277. The standard InChI is InChI=1S/C28H25ClFN3O/c1-19-31-26-14-15-32(17-20-12-13-24(29)25(30)16-20)18-23(26)28(34)33(19)27(21-8-4-2-5-9-21)22-10-6-3-7-11-22/h2-13,16,27H,14-15,17-18H2,1H3. The number of aromatic nitrogens is 2. The van der Waals surface area contributed by atoms with E-state index < -0.39 is 5.82 Å². The highest BCUT2D eigenvalue weighted by Gasteiger charge is 2.27. The van der Waals surface area contributed by atoms with Gasteiger partial charge >= 0.3 is 0 Å². The Labute approximate surface area is 203 Å². The minimum atomic E-state index is -0.426. The average molecular weight is 474 g/mol. The van der Waals surface area contributed by atoms with Gasteiger partial charge in [-0.15, -0.1) is 0 Å². The van der Waals surface area contributed by atoms with Gasteiger partial charge in [0.25, 0.3) is 5.56 Å². The lowest BCUT2D eigenvalue weighted by molar-refractivity contribution is 0.240. The normalized spacial score (nSPS) is 13.8. The van der Waals surface area contributed by atoms with Crippen LogP contribution in [-0.2, 0) is 19.5 Å². The molecule has 2 heterocycles. The molecule has 0 aliphatic carbocycles. The summed E-state index contributed by atoms with van der Waals surface area (Å²) in [6, 6.07) is 24.7. The zero-order chi connectivity index (χ0) is 23.7. The van der Waals surface area contributed by atoms with Crippen molar-refractivity contribution in [1.82, 2.24) is 14.5 Å². The summed E-state index contributed by atoms with van der Waals surface area (Å²) in [7, 11) is 0. The summed E-state index contributed by atoms with van der Waals surface area (Å²) >= 11 is 5.83. The lowest BCUT2D eigenvalue weighted by Crippen LogP contribution is -2.40. The van der Waals surface area contributed by atoms with E-state index in [1.54, 1.807) is 6.07 Å². The fourth-order valence-corrected chi connectivity index (χ4v) is 4.88. The maximum atomic E-state index is 13.9.